The molecule has 0 amide bonds. The molecule has 86 valence electrons. The Morgan fingerprint density at radius 2 is 2.12 bits per heavy atom. The lowest BCUT2D eigenvalue weighted by Gasteiger charge is -1.99. The number of rotatable bonds is 4. The highest BCUT2D eigenvalue weighted by molar-refractivity contribution is 8.03. The molecule has 2 rings (SSSR count). The number of allylic oxidation sites excluding steroid dienone is 1. The smallest absolute Gasteiger partial charge is 0.195 e. The average Bonchev–Trinajstić information content (AvgIpc) is 2.75. The number of aryl methyl sites for hydroxylation is 1. The van der Waals surface area contributed by atoms with E-state index in [1.54, 1.807) is 10.9 Å². The van der Waals surface area contributed by atoms with Gasteiger partial charge in [-0.1, -0.05) is 30.3 Å². The van der Waals surface area contributed by atoms with Gasteiger partial charge in [0.25, 0.3) is 0 Å². The third-order valence-electron chi connectivity index (χ3n) is 2.10. The number of hydrogen-bond acceptors (Lipinski definition) is 4. The Hall–Kier alpha value is -1.88. The second kappa shape index (κ2) is 5.45. The summed E-state index contributed by atoms with van der Waals surface area (Å²) in [6.07, 6.45) is 4.26. The Morgan fingerprint density at radius 3 is 2.71 bits per heavy atom. The molecule has 4 nitrogen and oxygen atoms in total. The van der Waals surface area contributed by atoms with Crippen LogP contribution in [0.15, 0.2) is 46.7 Å². The first-order chi connectivity index (χ1) is 8.29. The van der Waals surface area contributed by atoms with Crippen molar-refractivity contribution in [3.63, 3.8) is 0 Å². The van der Waals surface area contributed by atoms with Crippen LogP contribution >= 0.6 is 11.8 Å². The van der Waals surface area contributed by atoms with Crippen LogP contribution in [-0.2, 0) is 11.8 Å². The van der Waals surface area contributed by atoms with E-state index in [1.807, 2.05) is 43.5 Å². The van der Waals surface area contributed by atoms with Crippen LogP contribution < -0.4 is 0 Å². The highest BCUT2D eigenvalue weighted by atomic mass is 32.2. The normalized spacial score (nSPS) is 11.5. The van der Waals surface area contributed by atoms with Gasteiger partial charge in [0.05, 0.1) is 4.91 Å². The minimum Gasteiger partial charge on any atom is -0.311 e. The van der Waals surface area contributed by atoms with Crippen LogP contribution in [0.25, 0.3) is 6.08 Å². The molecule has 2 aromatic rings. The van der Waals surface area contributed by atoms with E-state index in [9.17, 15) is 4.79 Å². The predicted octanol–water partition coefficient (Wildman–Crippen LogP) is 2.15. The van der Waals surface area contributed by atoms with E-state index in [2.05, 4.69) is 10.2 Å². The van der Waals surface area contributed by atoms with Crippen molar-refractivity contribution in [1.82, 2.24) is 14.8 Å². The fourth-order valence-electron chi connectivity index (χ4n) is 1.27. The van der Waals surface area contributed by atoms with Gasteiger partial charge in [-0.2, -0.15) is 0 Å². The molecule has 0 saturated carbocycles. The summed E-state index contributed by atoms with van der Waals surface area (Å²) in [5, 5.41) is 8.38. The zero-order valence-electron chi connectivity index (χ0n) is 9.28. The first-order valence-electron chi connectivity index (χ1n) is 5.03. The fourth-order valence-corrected chi connectivity index (χ4v) is 2.00. The molecule has 17 heavy (non-hydrogen) atoms. The van der Waals surface area contributed by atoms with Gasteiger partial charge in [0.15, 0.2) is 11.4 Å². The first-order valence-corrected chi connectivity index (χ1v) is 5.85. The Morgan fingerprint density at radius 1 is 1.35 bits per heavy atom. The number of aromatic nitrogens is 3. The lowest BCUT2D eigenvalue weighted by molar-refractivity contribution is -0.104. The fraction of sp³-hybridized carbons (Fsp3) is 0.0833. The molecule has 1 aromatic heterocycles. The molecule has 1 aromatic carbocycles. The quantitative estimate of drug-likeness (QED) is 0.470. The molecular formula is C12H11N3OS. The molecule has 5 heteroatoms. The maximum Gasteiger partial charge on any atom is 0.195 e. The van der Waals surface area contributed by atoms with Gasteiger partial charge in [-0.15, -0.1) is 10.2 Å². The third kappa shape index (κ3) is 3.04. The van der Waals surface area contributed by atoms with Crippen molar-refractivity contribution in [2.75, 3.05) is 0 Å². The molecule has 0 aliphatic heterocycles. The minimum atomic E-state index is 0.604. The van der Waals surface area contributed by atoms with Gasteiger partial charge in [-0.05, 0) is 23.4 Å². The van der Waals surface area contributed by atoms with E-state index in [-0.39, 0.29) is 0 Å². The number of thioether (sulfide) groups is 1. The number of hydrogen-bond donors (Lipinski definition) is 0. The molecule has 1 heterocycles. The first kappa shape index (κ1) is 11.6. The van der Waals surface area contributed by atoms with Crippen molar-refractivity contribution >= 4 is 24.1 Å². The Kier molecular flexibility index (Phi) is 3.72. The molecule has 0 N–H and O–H groups in total. The standard InChI is InChI=1S/C12H11N3OS/c1-15-9-13-14-12(15)17-11(8-16)7-10-5-3-2-4-6-10/h2-9H,1H3. The van der Waals surface area contributed by atoms with E-state index in [0.29, 0.717) is 10.1 Å². The summed E-state index contributed by atoms with van der Waals surface area (Å²) < 4.78 is 1.77. The van der Waals surface area contributed by atoms with Crippen LogP contribution in [0.2, 0.25) is 0 Å². The van der Waals surface area contributed by atoms with E-state index < -0.39 is 0 Å². The molecule has 0 saturated heterocycles. The summed E-state index contributed by atoms with van der Waals surface area (Å²) in [5.74, 6) is 0. The van der Waals surface area contributed by atoms with Gasteiger partial charge in [-0.3, -0.25) is 4.79 Å². The Bertz CT molecular complexity index is 534. The van der Waals surface area contributed by atoms with Crippen LogP contribution in [-0.4, -0.2) is 21.1 Å². The molecular weight excluding hydrogens is 234 g/mol. The zero-order chi connectivity index (χ0) is 12.1. The average molecular weight is 245 g/mol. The van der Waals surface area contributed by atoms with Crippen LogP contribution in [0.5, 0.6) is 0 Å². The summed E-state index contributed by atoms with van der Waals surface area (Å²) in [6.45, 7) is 0. The van der Waals surface area contributed by atoms with Gasteiger partial charge in [0.1, 0.15) is 6.33 Å². The summed E-state index contributed by atoms with van der Waals surface area (Å²) in [4.78, 5) is 11.6. The molecule has 0 aliphatic carbocycles. The third-order valence-corrected chi connectivity index (χ3v) is 3.11. The van der Waals surface area contributed by atoms with Crippen molar-refractivity contribution in [2.45, 2.75) is 5.16 Å². The second-order valence-electron chi connectivity index (χ2n) is 3.40. The van der Waals surface area contributed by atoms with Crippen molar-refractivity contribution in [3.05, 3.63) is 47.1 Å². The topological polar surface area (TPSA) is 47.8 Å². The number of nitrogens with zero attached hydrogens (tertiary/aromatic N) is 3. The van der Waals surface area contributed by atoms with Crippen LogP contribution in [0.3, 0.4) is 0 Å². The van der Waals surface area contributed by atoms with E-state index in [4.69, 9.17) is 0 Å². The molecule has 0 bridgehead atoms. The predicted molar refractivity (Wildman–Crippen MR) is 67.3 cm³/mol. The van der Waals surface area contributed by atoms with Gasteiger partial charge < -0.3 is 4.57 Å². The number of aldehydes is 1. The second-order valence-corrected chi connectivity index (χ2v) is 4.44. The highest BCUT2D eigenvalue weighted by Gasteiger charge is 2.05. The summed E-state index contributed by atoms with van der Waals surface area (Å²) >= 11 is 1.30. The van der Waals surface area contributed by atoms with E-state index in [0.717, 1.165) is 11.8 Å². The molecule has 0 aliphatic rings. The van der Waals surface area contributed by atoms with Gasteiger partial charge in [0, 0.05) is 7.05 Å². The van der Waals surface area contributed by atoms with Crippen molar-refractivity contribution < 1.29 is 4.79 Å². The number of benzene rings is 1. The number of carbonyl (C=O) groups is 1. The van der Waals surface area contributed by atoms with Crippen molar-refractivity contribution in [1.29, 1.82) is 0 Å². The molecule has 0 unspecified atom stereocenters. The molecule has 0 atom stereocenters. The van der Waals surface area contributed by atoms with Gasteiger partial charge in [-0.25, -0.2) is 0 Å². The highest BCUT2D eigenvalue weighted by Crippen LogP contribution is 2.24. The van der Waals surface area contributed by atoms with Crippen molar-refractivity contribution in [2.24, 2.45) is 7.05 Å². The summed E-state index contributed by atoms with van der Waals surface area (Å²) in [6, 6.07) is 9.69. The summed E-state index contributed by atoms with van der Waals surface area (Å²) in [5.41, 5.74) is 0.990. The monoisotopic (exact) mass is 245 g/mol. The Balaban J connectivity index is 2.20. The maximum absolute atomic E-state index is 11.0. The van der Waals surface area contributed by atoms with Gasteiger partial charge in [0.2, 0.25) is 0 Å². The maximum atomic E-state index is 11.0. The largest absolute Gasteiger partial charge is 0.311 e. The lowest BCUT2D eigenvalue weighted by Crippen LogP contribution is -1.90. The van der Waals surface area contributed by atoms with E-state index in [1.165, 1.54) is 11.8 Å². The van der Waals surface area contributed by atoms with Crippen LogP contribution in [0.1, 0.15) is 5.56 Å². The SMILES string of the molecule is Cn1cnnc1SC(C=O)=Cc1ccccc1. The summed E-state index contributed by atoms with van der Waals surface area (Å²) in [7, 11) is 1.84. The molecule has 0 fully saturated rings. The Labute approximate surface area is 103 Å². The molecule has 0 spiro atoms. The minimum absolute atomic E-state index is 0.604. The lowest BCUT2D eigenvalue weighted by atomic mass is 10.2. The molecule has 0 radical (unpaired) electrons. The van der Waals surface area contributed by atoms with Crippen LogP contribution in [0, 0.1) is 0 Å². The van der Waals surface area contributed by atoms with Crippen molar-refractivity contribution in [3.8, 4) is 0 Å². The van der Waals surface area contributed by atoms with E-state index >= 15 is 0 Å². The number of carbonyl (C=O) groups excluding carboxylic acids is 1. The van der Waals surface area contributed by atoms with Crippen LogP contribution in [0.4, 0.5) is 0 Å². The zero-order valence-corrected chi connectivity index (χ0v) is 10.1. The van der Waals surface area contributed by atoms with Gasteiger partial charge >= 0.3 is 0 Å².